The number of aromatic nitrogens is 2. The van der Waals surface area contributed by atoms with E-state index in [1.165, 1.54) is 12.1 Å². The molecule has 0 unspecified atom stereocenters. The third-order valence-electron chi connectivity index (χ3n) is 7.01. The third-order valence-corrected chi connectivity index (χ3v) is 8.34. The molecule has 8 nitrogen and oxygen atoms in total. The van der Waals surface area contributed by atoms with Gasteiger partial charge in [0, 0.05) is 51.4 Å². The number of rotatable bonds is 9. The van der Waals surface area contributed by atoms with Crippen molar-refractivity contribution in [2.45, 2.75) is 28.8 Å². The molecule has 0 aliphatic carbocycles. The highest BCUT2D eigenvalue weighted by atomic mass is 32.2. The van der Waals surface area contributed by atoms with E-state index in [-0.39, 0.29) is 17.8 Å². The number of nitro groups is 1. The van der Waals surface area contributed by atoms with Crippen LogP contribution in [0, 0.1) is 10.1 Å². The molecule has 3 aromatic carbocycles. The van der Waals surface area contributed by atoms with Gasteiger partial charge in [-0.2, -0.15) is 0 Å². The maximum Gasteiger partial charge on any atom is 0.269 e. The van der Waals surface area contributed by atoms with Crippen LogP contribution in [0.5, 0.6) is 5.75 Å². The van der Waals surface area contributed by atoms with Gasteiger partial charge < -0.3 is 19.5 Å². The Morgan fingerprint density at radius 2 is 1.62 bits per heavy atom. The van der Waals surface area contributed by atoms with Crippen LogP contribution < -0.4 is 15.0 Å². The van der Waals surface area contributed by atoms with Crippen LogP contribution in [-0.2, 0) is 0 Å². The van der Waals surface area contributed by atoms with Gasteiger partial charge in [-0.15, -0.1) is 0 Å². The highest BCUT2D eigenvalue weighted by molar-refractivity contribution is 7.99. The van der Waals surface area contributed by atoms with Gasteiger partial charge in [0.25, 0.3) is 5.69 Å². The molecule has 0 amide bonds. The molecular formula is C32H27N5O3S2. The largest absolute Gasteiger partial charge is 0.494 e. The Morgan fingerprint density at radius 3 is 2.26 bits per heavy atom. The first-order valence-electron chi connectivity index (χ1n) is 13.5. The summed E-state index contributed by atoms with van der Waals surface area (Å²) in [6, 6.07) is 32.6. The number of thiocarbonyl (C=S) groups is 1. The monoisotopic (exact) mass is 593 g/mol. The SMILES string of the molecule is CCOc1ccc(-n2cccc2[C@@H]2[C@@H](c3ccccn3)NC(=S)N2c2ccc(Sc3ccc([N+](=O)[O-])cc3)cc2)cc1. The fourth-order valence-electron chi connectivity index (χ4n) is 5.12. The molecule has 10 heteroatoms. The molecule has 42 heavy (non-hydrogen) atoms. The van der Waals surface area contributed by atoms with E-state index in [1.807, 2.05) is 55.5 Å². The quantitative estimate of drug-likeness (QED) is 0.107. The number of nitro benzene ring substituents is 1. The van der Waals surface area contributed by atoms with Crippen molar-refractivity contribution in [1.82, 2.24) is 14.9 Å². The Morgan fingerprint density at radius 1 is 0.929 bits per heavy atom. The molecule has 0 radical (unpaired) electrons. The summed E-state index contributed by atoms with van der Waals surface area (Å²) in [4.78, 5) is 19.4. The van der Waals surface area contributed by atoms with E-state index in [9.17, 15) is 10.1 Å². The predicted octanol–water partition coefficient (Wildman–Crippen LogP) is 7.51. The molecule has 3 heterocycles. The van der Waals surface area contributed by atoms with Gasteiger partial charge >= 0.3 is 0 Å². The molecule has 0 saturated carbocycles. The molecule has 0 bridgehead atoms. The van der Waals surface area contributed by atoms with Crippen molar-refractivity contribution in [3.05, 3.63) is 137 Å². The standard InChI is InChI=1S/C32H27N5O3S2/c1-2-40-25-14-8-22(9-15-25)35-21-5-7-29(35)31-30(28-6-3-4-20-33-28)34-32(41)36(31)23-10-16-26(17-11-23)42-27-18-12-24(13-19-27)37(38)39/h3-21,30-31H,2H2,1H3,(H,34,41)/t30-,31-/m1/s1. The predicted molar refractivity (Wildman–Crippen MR) is 169 cm³/mol. The molecule has 5 aromatic rings. The topological polar surface area (TPSA) is 85.5 Å². The second-order valence-electron chi connectivity index (χ2n) is 9.57. The average molecular weight is 594 g/mol. The third kappa shape index (κ3) is 5.59. The molecule has 1 N–H and O–H groups in total. The van der Waals surface area contributed by atoms with E-state index in [0.29, 0.717) is 11.7 Å². The number of hydrogen-bond acceptors (Lipinski definition) is 6. The summed E-state index contributed by atoms with van der Waals surface area (Å²) in [7, 11) is 0. The normalized spacial score (nSPS) is 16.3. The lowest BCUT2D eigenvalue weighted by atomic mass is 10.0. The maximum absolute atomic E-state index is 11.0. The Bertz CT molecular complexity index is 1690. The first-order valence-corrected chi connectivity index (χ1v) is 14.7. The van der Waals surface area contributed by atoms with Gasteiger partial charge in [-0.3, -0.25) is 15.1 Å². The number of hydrogen-bond donors (Lipinski definition) is 1. The first kappa shape index (κ1) is 27.5. The van der Waals surface area contributed by atoms with Crippen LogP contribution in [0.25, 0.3) is 5.69 Å². The van der Waals surface area contributed by atoms with E-state index >= 15 is 0 Å². The van der Waals surface area contributed by atoms with Gasteiger partial charge in [-0.1, -0.05) is 17.8 Å². The summed E-state index contributed by atoms with van der Waals surface area (Å²) in [5.41, 5.74) is 4.01. The zero-order valence-corrected chi connectivity index (χ0v) is 24.3. The molecule has 1 saturated heterocycles. The van der Waals surface area contributed by atoms with Gasteiger partial charge in [0.1, 0.15) is 11.8 Å². The molecule has 1 aliphatic rings. The van der Waals surface area contributed by atoms with Crippen LogP contribution in [0.2, 0.25) is 0 Å². The highest BCUT2D eigenvalue weighted by Crippen LogP contribution is 2.43. The minimum absolute atomic E-state index is 0.0771. The summed E-state index contributed by atoms with van der Waals surface area (Å²) < 4.78 is 7.83. The van der Waals surface area contributed by atoms with Crippen molar-refractivity contribution in [3.8, 4) is 11.4 Å². The molecule has 2 aromatic heterocycles. The van der Waals surface area contributed by atoms with Gasteiger partial charge in [0.05, 0.1) is 23.3 Å². The molecule has 0 spiro atoms. The number of ether oxygens (including phenoxy) is 1. The van der Waals surface area contributed by atoms with Crippen molar-refractivity contribution in [2.75, 3.05) is 11.5 Å². The number of non-ortho nitro benzene ring substituents is 1. The lowest BCUT2D eigenvalue weighted by molar-refractivity contribution is -0.384. The Labute approximate surface area is 253 Å². The smallest absolute Gasteiger partial charge is 0.269 e. The van der Waals surface area contributed by atoms with Crippen molar-refractivity contribution in [2.24, 2.45) is 0 Å². The van der Waals surface area contributed by atoms with Gasteiger partial charge in [0.2, 0.25) is 0 Å². The fraction of sp³-hybridized carbons (Fsp3) is 0.125. The maximum atomic E-state index is 11.0. The van der Waals surface area contributed by atoms with Crippen molar-refractivity contribution in [1.29, 1.82) is 0 Å². The zero-order valence-electron chi connectivity index (χ0n) is 22.7. The molecule has 1 aliphatic heterocycles. The minimum atomic E-state index is -0.392. The van der Waals surface area contributed by atoms with E-state index in [2.05, 4.69) is 56.3 Å². The highest BCUT2D eigenvalue weighted by Gasteiger charge is 2.42. The van der Waals surface area contributed by atoms with Crippen molar-refractivity contribution >= 4 is 40.5 Å². The zero-order chi connectivity index (χ0) is 29.1. The number of anilines is 1. The van der Waals surface area contributed by atoms with E-state index < -0.39 is 4.92 Å². The molecule has 1 fully saturated rings. The van der Waals surface area contributed by atoms with Crippen LogP contribution >= 0.6 is 24.0 Å². The van der Waals surface area contributed by atoms with Gasteiger partial charge in [-0.25, -0.2) is 0 Å². The van der Waals surface area contributed by atoms with Crippen molar-refractivity contribution in [3.63, 3.8) is 0 Å². The molecule has 210 valence electrons. The Hall–Kier alpha value is -4.67. The van der Waals surface area contributed by atoms with Crippen LogP contribution in [0.15, 0.2) is 125 Å². The first-order chi connectivity index (χ1) is 20.5. The second kappa shape index (κ2) is 12.1. The second-order valence-corrected chi connectivity index (χ2v) is 11.1. The lowest BCUT2D eigenvalue weighted by Crippen LogP contribution is -2.30. The number of nitrogens with zero attached hydrogens (tertiary/aromatic N) is 4. The summed E-state index contributed by atoms with van der Waals surface area (Å²) in [5.74, 6) is 0.832. The summed E-state index contributed by atoms with van der Waals surface area (Å²) in [5, 5.41) is 15.1. The van der Waals surface area contributed by atoms with Crippen LogP contribution in [0.3, 0.4) is 0 Å². The van der Waals surface area contributed by atoms with E-state index in [4.69, 9.17) is 17.0 Å². The minimum Gasteiger partial charge on any atom is -0.494 e. The molecule has 6 rings (SSSR count). The van der Waals surface area contributed by atoms with Crippen LogP contribution in [0.4, 0.5) is 11.4 Å². The number of nitrogens with one attached hydrogen (secondary N) is 1. The number of benzene rings is 3. The van der Waals surface area contributed by atoms with Gasteiger partial charge in [0.15, 0.2) is 5.11 Å². The average Bonchev–Trinajstić information content (AvgIpc) is 3.63. The lowest BCUT2D eigenvalue weighted by Gasteiger charge is -2.29. The Balaban J connectivity index is 1.34. The molecular weight excluding hydrogens is 567 g/mol. The van der Waals surface area contributed by atoms with Crippen LogP contribution in [0.1, 0.15) is 30.4 Å². The summed E-state index contributed by atoms with van der Waals surface area (Å²) >= 11 is 7.48. The van der Waals surface area contributed by atoms with Crippen LogP contribution in [-0.4, -0.2) is 26.2 Å². The van der Waals surface area contributed by atoms with E-state index in [1.54, 1.807) is 30.1 Å². The van der Waals surface area contributed by atoms with Gasteiger partial charge in [-0.05, 0) is 104 Å². The summed E-state index contributed by atoms with van der Waals surface area (Å²) in [6.07, 6.45) is 3.86. The molecule has 2 atom stereocenters. The fourth-order valence-corrected chi connectivity index (χ4v) is 6.28. The van der Waals surface area contributed by atoms with Crippen molar-refractivity contribution < 1.29 is 9.66 Å². The summed E-state index contributed by atoms with van der Waals surface area (Å²) in [6.45, 7) is 2.59. The Kier molecular flexibility index (Phi) is 7.89. The number of pyridine rings is 1. The van der Waals surface area contributed by atoms with E-state index in [0.717, 1.165) is 38.3 Å².